The third-order valence-electron chi connectivity index (χ3n) is 5.34. The number of rotatable bonds is 13. The summed E-state index contributed by atoms with van der Waals surface area (Å²) in [4.78, 5) is 0. The highest BCUT2D eigenvalue weighted by Gasteiger charge is 2.21. The maximum atomic E-state index is 2.38. The third-order valence-corrected chi connectivity index (χ3v) is 6.06. The molecule has 3 heteroatoms. The number of hydrogen-bond donors (Lipinski definition) is 0. The highest BCUT2D eigenvalue weighted by molar-refractivity contribution is 14.1. The van der Waals surface area contributed by atoms with Gasteiger partial charge in [-0.2, -0.15) is 0 Å². The number of nitrogens with zero attached hydrogens (tertiary/aromatic N) is 1. The monoisotopic (exact) mass is 509 g/mol. The largest absolute Gasteiger partial charge is 1.00 e. The summed E-state index contributed by atoms with van der Waals surface area (Å²) in [6, 6.07) is 9.03. The van der Waals surface area contributed by atoms with Crippen molar-refractivity contribution in [2.75, 3.05) is 26.2 Å². The minimum absolute atomic E-state index is 0. The van der Waals surface area contributed by atoms with Gasteiger partial charge in [0.05, 0.1) is 26.2 Å². The smallest absolute Gasteiger partial charge is 0.0786 e. The Hall–Kier alpha value is 0.390. The summed E-state index contributed by atoms with van der Waals surface area (Å²) in [7, 11) is 0. The van der Waals surface area contributed by atoms with E-state index in [0.717, 1.165) is 0 Å². The molecule has 24 heavy (non-hydrogen) atoms. The van der Waals surface area contributed by atoms with E-state index < -0.39 is 0 Å². The lowest BCUT2D eigenvalue weighted by Crippen LogP contribution is -3.00. The van der Waals surface area contributed by atoms with Crippen molar-refractivity contribution in [1.29, 1.82) is 0 Å². The maximum Gasteiger partial charge on any atom is 0.0786 e. The van der Waals surface area contributed by atoms with E-state index in [1.54, 1.807) is 0 Å². The molecule has 0 radical (unpaired) electrons. The van der Waals surface area contributed by atoms with Gasteiger partial charge in [-0.05, 0) is 86.2 Å². The summed E-state index contributed by atoms with van der Waals surface area (Å²) < 4.78 is 2.67. The molecule has 0 bridgehead atoms. The Morgan fingerprint density at radius 3 is 1.83 bits per heavy atom. The SMILES string of the molecule is CCCCCCC[N+](CC)(CC)CCCCc1ccc(I)cc1.[Br-]. The van der Waals surface area contributed by atoms with E-state index in [1.807, 2.05) is 0 Å². The molecule has 1 nitrogen and oxygen atoms in total. The van der Waals surface area contributed by atoms with E-state index in [4.69, 9.17) is 0 Å². The number of hydrogen-bond acceptors (Lipinski definition) is 0. The van der Waals surface area contributed by atoms with E-state index in [9.17, 15) is 0 Å². The molecule has 0 spiro atoms. The van der Waals surface area contributed by atoms with Crippen molar-refractivity contribution in [3.63, 3.8) is 0 Å². The van der Waals surface area contributed by atoms with E-state index >= 15 is 0 Å². The Morgan fingerprint density at radius 2 is 1.29 bits per heavy atom. The van der Waals surface area contributed by atoms with Crippen LogP contribution >= 0.6 is 22.6 Å². The Balaban J connectivity index is 0.00000529. The van der Waals surface area contributed by atoms with Crippen molar-refractivity contribution in [1.82, 2.24) is 0 Å². The Kier molecular flexibility index (Phi) is 14.8. The molecule has 0 saturated heterocycles. The van der Waals surface area contributed by atoms with Crippen LogP contribution in [0, 0.1) is 3.57 Å². The van der Waals surface area contributed by atoms with Gasteiger partial charge in [0, 0.05) is 3.57 Å². The van der Waals surface area contributed by atoms with Crippen LogP contribution in [0.5, 0.6) is 0 Å². The summed E-state index contributed by atoms with van der Waals surface area (Å²) in [6.07, 6.45) is 11.0. The molecule has 0 fully saturated rings. The standard InChI is InChI=1S/C21H37IN.BrH/c1-4-7-8-9-11-18-23(5-2,6-3)19-12-10-13-20-14-16-21(22)17-15-20;/h14-17H,4-13,18-19H2,1-3H3;1H/q+1;/p-1. The molecule has 0 aliphatic carbocycles. The van der Waals surface area contributed by atoms with Crippen LogP contribution in [0.15, 0.2) is 24.3 Å². The zero-order valence-corrected chi connectivity index (χ0v) is 19.7. The summed E-state index contributed by atoms with van der Waals surface area (Å²) in [5, 5.41) is 0. The average molecular weight is 510 g/mol. The van der Waals surface area contributed by atoms with Crippen molar-refractivity contribution in [2.45, 2.75) is 72.1 Å². The van der Waals surface area contributed by atoms with Crippen molar-refractivity contribution in [3.8, 4) is 0 Å². The quantitative estimate of drug-likeness (QED) is 0.217. The molecular formula is C21H37BrIN. The summed E-state index contributed by atoms with van der Waals surface area (Å²) in [6.45, 7) is 12.4. The molecule has 0 aromatic heterocycles. The fourth-order valence-corrected chi connectivity index (χ4v) is 3.81. The van der Waals surface area contributed by atoms with E-state index in [1.165, 1.54) is 91.2 Å². The molecule has 0 unspecified atom stereocenters. The van der Waals surface area contributed by atoms with E-state index in [2.05, 4.69) is 67.6 Å². The molecule has 0 N–H and O–H groups in total. The van der Waals surface area contributed by atoms with Crippen molar-refractivity contribution in [3.05, 3.63) is 33.4 Å². The first-order chi connectivity index (χ1) is 11.2. The van der Waals surface area contributed by atoms with Gasteiger partial charge in [-0.15, -0.1) is 0 Å². The van der Waals surface area contributed by atoms with E-state index in [-0.39, 0.29) is 17.0 Å². The van der Waals surface area contributed by atoms with Gasteiger partial charge >= 0.3 is 0 Å². The molecular weight excluding hydrogens is 473 g/mol. The minimum atomic E-state index is 0. The average Bonchev–Trinajstić information content (AvgIpc) is 2.58. The van der Waals surface area contributed by atoms with Gasteiger partial charge in [0.15, 0.2) is 0 Å². The van der Waals surface area contributed by atoms with Gasteiger partial charge in [0.2, 0.25) is 0 Å². The number of aryl methyl sites for hydroxylation is 1. The van der Waals surface area contributed by atoms with Gasteiger partial charge < -0.3 is 21.5 Å². The second-order valence-corrected chi connectivity index (χ2v) is 8.16. The predicted molar refractivity (Wildman–Crippen MR) is 112 cm³/mol. The molecule has 140 valence electrons. The third kappa shape index (κ3) is 9.76. The number of benzene rings is 1. The molecule has 0 aliphatic rings. The molecule has 0 saturated carbocycles. The fraction of sp³-hybridized carbons (Fsp3) is 0.714. The van der Waals surface area contributed by atoms with Crippen LogP contribution in [0.1, 0.15) is 71.3 Å². The Labute approximate surface area is 175 Å². The summed E-state index contributed by atoms with van der Waals surface area (Å²) >= 11 is 2.38. The molecule has 0 amide bonds. The van der Waals surface area contributed by atoms with Gasteiger partial charge in [-0.25, -0.2) is 0 Å². The number of quaternary nitrogens is 1. The fourth-order valence-electron chi connectivity index (χ4n) is 3.45. The van der Waals surface area contributed by atoms with Gasteiger partial charge in [0.1, 0.15) is 0 Å². The van der Waals surface area contributed by atoms with Crippen LogP contribution < -0.4 is 17.0 Å². The molecule has 0 atom stereocenters. The summed E-state index contributed by atoms with van der Waals surface area (Å²) in [5.74, 6) is 0. The minimum Gasteiger partial charge on any atom is -1.00 e. The second kappa shape index (κ2) is 14.5. The Morgan fingerprint density at radius 1 is 0.750 bits per heavy atom. The molecule has 1 aromatic carbocycles. The van der Waals surface area contributed by atoms with Gasteiger partial charge in [-0.3, -0.25) is 0 Å². The van der Waals surface area contributed by atoms with Crippen LogP contribution in [0.25, 0.3) is 0 Å². The first-order valence-corrected chi connectivity index (χ1v) is 10.8. The zero-order chi connectivity index (χ0) is 17.0. The first-order valence-electron chi connectivity index (χ1n) is 9.75. The lowest BCUT2D eigenvalue weighted by molar-refractivity contribution is -0.925. The lowest BCUT2D eigenvalue weighted by Gasteiger charge is -2.37. The van der Waals surface area contributed by atoms with E-state index in [0.29, 0.717) is 0 Å². The molecule has 1 rings (SSSR count). The van der Waals surface area contributed by atoms with Gasteiger partial charge in [0.25, 0.3) is 0 Å². The van der Waals surface area contributed by atoms with Crippen LogP contribution in [0.4, 0.5) is 0 Å². The predicted octanol–water partition coefficient (Wildman–Crippen LogP) is 3.44. The topological polar surface area (TPSA) is 0 Å². The normalized spacial score (nSPS) is 11.3. The van der Waals surface area contributed by atoms with Crippen LogP contribution in [-0.2, 0) is 6.42 Å². The van der Waals surface area contributed by atoms with Gasteiger partial charge in [-0.1, -0.05) is 38.3 Å². The van der Waals surface area contributed by atoms with Crippen LogP contribution in [0.3, 0.4) is 0 Å². The molecule has 0 aliphatic heterocycles. The maximum absolute atomic E-state index is 2.38. The summed E-state index contributed by atoms with van der Waals surface area (Å²) in [5.41, 5.74) is 1.50. The Bertz CT molecular complexity index is 401. The van der Waals surface area contributed by atoms with Crippen molar-refractivity contribution in [2.24, 2.45) is 0 Å². The highest BCUT2D eigenvalue weighted by atomic mass is 127. The second-order valence-electron chi connectivity index (χ2n) is 6.92. The first kappa shape index (κ1) is 24.4. The number of unbranched alkanes of at least 4 members (excludes halogenated alkanes) is 5. The zero-order valence-electron chi connectivity index (χ0n) is 16.0. The lowest BCUT2D eigenvalue weighted by atomic mass is 10.1. The number of halogens is 2. The molecule has 0 heterocycles. The molecule has 1 aromatic rings. The van der Waals surface area contributed by atoms with Crippen LogP contribution in [-0.4, -0.2) is 30.7 Å². The van der Waals surface area contributed by atoms with Crippen molar-refractivity contribution < 1.29 is 21.5 Å². The van der Waals surface area contributed by atoms with Crippen molar-refractivity contribution >= 4 is 22.6 Å². The van der Waals surface area contributed by atoms with Crippen LogP contribution in [0.2, 0.25) is 0 Å². The highest BCUT2D eigenvalue weighted by Crippen LogP contribution is 2.15.